The Labute approximate surface area is 204 Å². The molecule has 0 saturated carbocycles. The number of fused-ring (bicyclic) bond motifs is 3. The molecule has 0 aliphatic heterocycles. The summed E-state index contributed by atoms with van der Waals surface area (Å²) in [5.74, 6) is -1.65. The summed E-state index contributed by atoms with van der Waals surface area (Å²) in [4.78, 5) is 37.2. The fraction of sp³-hybridized carbons (Fsp3) is 0.250. The van der Waals surface area contributed by atoms with Crippen LogP contribution in [0.1, 0.15) is 42.5 Å². The normalized spacial score (nSPS) is 13.3. The molecular formula is C28H28N2O5. The Bertz CT molecular complexity index is 1190. The van der Waals surface area contributed by atoms with Crippen LogP contribution in [0.3, 0.4) is 0 Å². The highest BCUT2D eigenvalue weighted by atomic mass is 16.5. The third kappa shape index (κ3) is 5.19. The minimum absolute atomic E-state index is 0.0864. The maximum Gasteiger partial charge on any atom is 0.408 e. The van der Waals surface area contributed by atoms with E-state index in [2.05, 4.69) is 22.8 Å². The largest absolute Gasteiger partial charge is 0.481 e. The number of carbonyl (C=O) groups is 3. The molecule has 0 spiro atoms. The van der Waals surface area contributed by atoms with Gasteiger partial charge in [-0.2, -0.15) is 0 Å². The number of carbonyl (C=O) groups excluding carboxylic acids is 2. The van der Waals surface area contributed by atoms with Crippen LogP contribution in [0.25, 0.3) is 11.1 Å². The Morgan fingerprint density at radius 3 is 2.00 bits per heavy atom. The molecule has 0 unspecified atom stereocenters. The molecule has 1 aliphatic rings. The van der Waals surface area contributed by atoms with Gasteiger partial charge in [0.15, 0.2) is 0 Å². The van der Waals surface area contributed by atoms with Gasteiger partial charge in [-0.05, 0) is 41.7 Å². The zero-order chi connectivity index (χ0) is 25.0. The molecule has 1 aliphatic carbocycles. The zero-order valence-electron chi connectivity index (χ0n) is 19.7. The van der Waals surface area contributed by atoms with Gasteiger partial charge in [0.25, 0.3) is 0 Å². The maximum atomic E-state index is 13.0. The second-order valence-electron chi connectivity index (χ2n) is 9.22. The summed E-state index contributed by atoms with van der Waals surface area (Å²) in [6, 6.07) is 23.8. The van der Waals surface area contributed by atoms with Crippen LogP contribution in [-0.2, 0) is 14.3 Å². The Hall–Kier alpha value is -4.13. The van der Waals surface area contributed by atoms with Crippen LogP contribution in [-0.4, -0.2) is 36.2 Å². The molecule has 4 rings (SSSR count). The molecular weight excluding hydrogens is 444 g/mol. The van der Waals surface area contributed by atoms with Gasteiger partial charge in [-0.25, -0.2) is 4.79 Å². The molecule has 7 heteroatoms. The molecule has 0 saturated heterocycles. The van der Waals surface area contributed by atoms with Crippen LogP contribution in [0.2, 0.25) is 0 Å². The molecule has 0 aromatic heterocycles. The Kier molecular flexibility index (Phi) is 6.87. The summed E-state index contributed by atoms with van der Waals surface area (Å²) in [5.41, 5.74) is 3.84. The number of carboxylic acids is 1. The van der Waals surface area contributed by atoms with Crippen molar-refractivity contribution in [2.45, 2.75) is 25.8 Å². The lowest BCUT2D eigenvalue weighted by Crippen LogP contribution is -2.45. The first-order valence-corrected chi connectivity index (χ1v) is 11.5. The topological polar surface area (TPSA) is 105 Å². The number of aliphatic carboxylic acids is 1. The van der Waals surface area contributed by atoms with Crippen molar-refractivity contribution in [2.24, 2.45) is 5.41 Å². The fourth-order valence-corrected chi connectivity index (χ4v) is 4.19. The lowest BCUT2D eigenvalue weighted by molar-refractivity contribution is -0.146. The van der Waals surface area contributed by atoms with Crippen molar-refractivity contribution >= 4 is 18.0 Å². The summed E-state index contributed by atoms with van der Waals surface area (Å²) >= 11 is 0. The Morgan fingerprint density at radius 2 is 1.43 bits per heavy atom. The standard InChI is InChI=1S/C28H28N2O5/c1-28(2,26(32)33)17-29-25(31)24(18-10-4-3-5-11-18)30-27(34)35-16-23-21-14-8-6-12-19(21)20-13-7-9-15-22(20)23/h3-15,23-24H,16-17H2,1-2H3,(H,29,31)(H,30,34)(H,32,33)/t24-/m1/s1. The van der Waals surface area contributed by atoms with Gasteiger partial charge in [0.1, 0.15) is 12.6 Å². The SMILES string of the molecule is CC(C)(CNC(=O)[C@H](NC(=O)OCC1c2ccccc2-c2ccccc21)c1ccccc1)C(=O)O. The highest BCUT2D eigenvalue weighted by molar-refractivity contribution is 5.87. The van der Waals surface area contributed by atoms with Gasteiger partial charge < -0.3 is 20.5 Å². The van der Waals surface area contributed by atoms with Crippen molar-refractivity contribution in [1.29, 1.82) is 0 Å². The average molecular weight is 473 g/mol. The summed E-state index contributed by atoms with van der Waals surface area (Å²) < 4.78 is 5.60. The third-order valence-electron chi connectivity index (χ3n) is 6.28. The zero-order valence-corrected chi connectivity index (χ0v) is 19.7. The molecule has 3 aromatic rings. The highest BCUT2D eigenvalue weighted by Crippen LogP contribution is 2.44. The van der Waals surface area contributed by atoms with Crippen LogP contribution in [0.15, 0.2) is 78.9 Å². The van der Waals surface area contributed by atoms with Crippen molar-refractivity contribution < 1.29 is 24.2 Å². The van der Waals surface area contributed by atoms with E-state index >= 15 is 0 Å². The first kappa shape index (κ1) is 24.0. The average Bonchev–Trinajstić information content (AvgIpc) is 3.19. The highest BCUT2D eigenvalue weighted by Gasteiger charge is 2.32. The predicted octanol–water partition coefficient (Wildman–Crippen LogP) is 4.49. The monoisotopic (exact) mass is 472 g/mol. The predicted molar refractivity (Wildman–Crippen MR) is 132 cm³/mol. The minimum atomic E-state index is -1.15. The second-order valence-corrected chi connectivity index (χ2v) is 9.22. The van der Waals surface area contributed by atoms with E-state index in [4.69, 9.17) is 4.74 Å². The van der Waals surface area contributed by atoms with Gasteiger partial charge in [0.05, 0.1) is 5.41 Å². The molecule has 180 valence electrons. The smallest absolute Gasteiger partial charge is 0.408 e. The lowest BCUT2D eigenvalue weighted by Gasteiger charge is -2.23. The molecule has 7 nitrogen and oxygen atoms in total. The van der Waals surface area contributed by atoms with Gasteiger partial charge in [0, 0.05) is 12.5 Å². The van der Waals surface area contributed by atoms with Gasteiger partial charge >= 0.3 is 12.1 Å². The summed E-state index contributed by atoms with van der Waals surface area (Å²) in [5, 5.41) is 14.6. The van der Waals surface area contributed by atoms with Crippen molar-refractivity contribution in [3.05, 3.63) is 95.6 Å². The van der Waals surface area contributed by atoms with E-state index < -0.39 is 29.4 Å². The van der Waals surface area contributed by atoms with Crippen molar-refractivity contribution in [2.75, 3.05) is 13.2 Å². The van der Waals surface area contributed by atoms with Crippen LogP contribution >= 0.6 is 0 Å². The quantitative estimate of drug-likeness (QED) is 0.448. The molecule has 1 atom stereocenters. The van der Waals surface area contributed by atoms with Crippen LogP contribution in [0.5, 0.6) is 0 Å². The number of alkyl carbamates (subject to hydrolysis) is 1. The first-order valence-electron chi connectivity index (χ1n) is 11.5. The number of rotatable bonds is 8. The maximum absolute atomic E-state index is 13.0. The molecule has 0 radical (unpaired) electrons. The van der Waals surface area contributed by atoms with E-state index in [1.165, 1.54) is 13.8 Å². The number of amides is 2. The van der Waals surface area contributed by atoms with Crippen molar-refractivity contribution in [3.63, 3.8) is 0 Å². The third-order valence-corrected chi connectivity index (χ3v) is 6.28. The Morgan fingerprint density at radius 1 is 0.886 bits per heavy atom. The molecule has 3 N–H and O–H groups in total. The molecule has 3 aromatic carbocycles. The van der Waals surface area contributed by atoms with Crippen molar-refractivity contribution in [1.82, 2.24) is 10.6 Å². The fourth-order valence-electron chi connectivity index (χ4n) is 4.19. The lowest BCUT2D eigenvalue weighted by atomic mass is 9.93. The van der Waals surface area contributed by atoms with E-state index in [0.717, 1.165) is 22.3 Å². The van der Waals surface area contributed by atoms with Crippen LogP contribution < -0.4 is 10.6 Å². The summed E-state index contributed by atoms with van der Waals surface area (Å²) in [6.45, 7) is 3.07. The Balaban J connectivity index is 1.46. The van der Waals surface area contributed by atoms with E-state index in [9.17, 15) is 19.5 Å². The number of nitrogens with one attached hydrogen (secondary N) is 2. The molecule has 35 heavy (non-hydrogen) atoms. The van der Waals surface area contributed by atoms with Gasteiger partial charge in [-0.3, -0.25) is 9.59 Å². The van der Waals surface area contributed by atoms with E-state index in [0.29, 0.717) is 5.56 Å². The summed E-state index contributed by atoms with van der Waals surface area (Å²) in [6.07, 6.45) is -0.728. The molecule has 2 amide bonds. The summed E-state index contributed by atoms with van der Waals surface area (Å²) in [7, 11) is 0. The van der Waals surface area contributed by atoms with Crippen molar-refractivity contribution in [3.8, 4) is 11.1 Å². The van der Waals surface area contributed by atoms with E-state index in [-0.39, 0.29) is 19.1 Å². The van der Waals surface area contributed by atoms with E-state index in [1.807, 2.05) is 36.4 Å². The number of hydrogen-bond acceptors (Lipinski definition) is 4. The minimum Gasteiger partial charge on any atom is -0.481 e. The number of ether oxygens (including phenoxy) is 1. The van der Waals surface area contributed by atoms with Gasteiger partial charge in [-0.15, -0.1) is 0 Å². The molecule has 0 bridgehead atoms. The van der Waals surface area contributed by atoms with Gasteiger partial charge in [-0.1, -0.05) is 78.9 Å². The second kappa shape index (κ2) is 10.0. The van der Waals surface area contributed by atoms with Crippen LogP contribution in [0.4, 0.5) is 4.79 Å². The van der Waals surface area contributed by atoms with Gasteiger partial charge in [0.2, 0.25) is 5.91 Å². The van der Waals surface area contributed by atoms with Crippen LogP contribution in [0, 0.1) is 5.41 Å². The first-order chi connectivity index (χ1) is 16.8. The van der Waals surface area contributed by atoms with E-state index in [1.54, 1.807) is 30.3 Å². The number of carboxylic acid groups (broad SMARTS) is 1. The molecule has 0 fully saturated rings. The number of benzene rings is 3. The molecule has 0 heterocycles. The number of hydrogen-bond donors (Lipinski definition) is 3.